The van der Waals surface area contributed by atoms with Gasteiger partial charge in [-0.15, -0.1) is 0 Å². The molecule has 0 unspecified atom stereocenters. The highest BCUT2D eigenvalue weighted by molar-refractivity contribution is 5.82. The molecular formula is C18H15NO3. The Labute approximate surface area is 128 Å². The quantitative estimate of drug-likeness (QED) is 0.530. The summed E-state index contributed by atoms with van der Waals surface area (Å²) in [7, 11) is 0. The van der Waals surface area contributed by atoms with Gasteiger partial charge in [0, 0.05) is 17.9 Å². The summed E-state index contributed by atoms with van der Waals surface area (Å²) in [5, 5.41) is 0.891. The van der Waals surface area contributed by atoms with Gasteiger partial charge in [0.05, 0.1) is 5.52 Å². The molecule has 1 heterocycles. The van der Waals surface area contributed by atoms with Crippen molar-refractivity contribution in [3.63, 3.8) is 0 Å². The maximum atomic E-state index is 11.3. The van der Waals surface area contributed by atoms with E-state index in [4.69, 9.17) is 9.47 Å². The van der Waals surface area contributed by atoms with Crippen LogP contribution in [0.4, 0.5) is 0 Å². The van der Waals surface area contributed by atoms with Crippen molar-refractivity contribution >= 4 is 16.9 Å². The van der Waals surface area contributed by atoms with Gasteiger partial charge in [0.1, 0.15) is 11.5 Å². The highest BCUT2D eigenvalue weighted by atomic mass is 16.5. The lowest BCUT2D eigenvalue weighted by Crippen LogP contribution is -2.05. The first kappa shape index (κ1) is 14.1. The standard InChI is InChI=1S/C18H15NO3/c1-2-18(20)22-15-9-10-16-13(12-15)8-11-17(19-16)21-14-6-4-3-5-7-14/h3-12H,2H2,1H3. The molecule has 0 saturated carbocycles. The molecule has 4 nitrogen and oxygen atoms in total. The summed E-state index contributed by atoms with van der Waals surface area (Å²) in [6.45, 7) is 1.76. The number of fused-ring (bicyclic) bond motifs is 1. The van der Waals surface area contributed by atoms with E-state index in [0.29, 0.717) is 18.1 Å². The van der Waals surface area contributed by atoms with Crippen LogP contribution in [-0.4, -0.2) is 11.0 Å². The van der Waals surface area contributed by atoms with Crippen LogP contribution in [0, 0.1) is 0 Å². The Bertz CT molecular complexity index is 800. The highest BCUT2D eigenvalue weighted by Crippen LogP contribution is 2.25. The summed E-state index contributed by atoms with van der Waals surface area (Å²) in [6.07, 6.45) is 0.347. The smallest absolute Gasteiger partial charge is 0.310 e. The number of carbonyl (C=O) groups excluding carboxylic acids is 1. The largest absolute Gasteiger partial charge is 0.439 e. The summed E-state index contributed by atoms with van der Waals surface area (Å²) < 4.78 is 10.9. The first-order valence-corrected chi connectivity index (χ1v) is 7.09. The summed E-state index contributed by atoms with van der Waals surface area (Å²) >= 11 is 0. The number of rotatable bonds is 4. The normalized spacial score (nSPS) is 10.4. The van der Waals surface area contributed by atoms with Gasteiger partial charge < -0.3 is 9.47 Å². The van der Waals surface area contributed by atoms with Crippen LogP contribution < -0.4 is 9.47 Å². The lowest BCUT2D eigenvalue weighted by molar-refractivity contribution is -0.134. The molecule has 110 valence electrons. The van der Waals surface area contributed by atoms with E-state index in [-0.39, 0.29) is 5.97 Å². The third-order valence-corrected chi connectivity index (χ3v) is 3.12. The second-order valence-corrected chi connectivity index (χ2v) is 4.75. The number of ether oxygens (including phenoxy) is 2. The number of para-hydroxylation sites is 1. The van der Waals surface area contributed by atoms with Gasteiger partial charge in [-0.05, 0) is 36.4 Å². The summed E-state index contributed by atoms with van der Waals surface area (Å²) in [4.78, 5) is 15.8. The molecule has 0 aliphatic carbocycles. The minimum atomic E-state index is -0.253. The second-order valence-electron chi connectivity index (χ2n) is 4.75. The van der Waals surface area contributed by atoms with Gasteiger partial charge in [0.2, 0.25) is 5.88 Å². The van der Waals surface area contributed by atoms with Crippen LogP contribution in [0.1, 0.15) is 13.3 Å². The molecule has 22 heavy (non-hydrogen) atoms. The number of esters is 1. The third-order valence-electron chi connectivity index (χ3n) is 3.12. The average molecular weight is 293 g/mol. The predicted molar refractivity (Wildman–Crippen MR) is 84.2 cm³/mol. The number of hydrogen-bond acceptors (Lipinski definition) is 4. The van der Waals surface area contributed by atoms with Gasteiger partial charge in [-0.3, -0.25) is 4.79 Å². The van der Waals surface area contributed by atoms with Gasteiger partial charge in [0.25, 0.3) is 0 Å². The van der Waals surface area contributed by atoms with Crippen LogP contribution in [0.25, 0.3) is 10.9 Å². The van der Waals surface area contributed by atoms with E-state index < -0.39 is 0 Å². The third kappa shape index (κ3) is 3.23. The van der Waals surface area contributed by atoms with Crippen molar-refractivity contribution < 1.29 is 14.3 Å². The highest BCUT2D eigenvalue weighted by Gasteiger charge is 2.05. The maximum absolute atomic E-state index is 11.3. The number of aromatic nitrogens is 1. The molecule has 1 aromatic heterocycles. The minimum Gasteiger partial charge on any atom is -0.439 e. The molecule has 0 amide bonds. The van der Waals surface area contributed by atoms with E-state index >= 15 is 0 Å². The molecule has 3 aromatic rings. The van der Waals surface area contributed by atoms with Crippen LogP contribution in [0.3, 0.4) is 0 Å². The minimum absolute atomic E-state index is 0.253. The zero-order valence-electron chi connectivity index (χ0n) is 12.2. The summed E-state index contributed by atoms with van der Waals surface area (Å²) in [6, 6.07) is 18.5. The molecule has 4 heteroatoms. The van der Waals surface area contributed by atoms with Crippen LogP contribution in [0.5, 0.6) is 17.4 Å². The number of pyridine rings is 1. The first-order valence-electron chi connectivity index (χ1n) is 7.09. The number of nitrogens with zero attached hydrogens (tertiary/aromatic N) is 1. The van der Waals surface area contributed by atoms with Crippen LogP contribution in [0.15, 0.2) is 60.7 Å². The van der Waals surface area contributed by atoms with Gasteiger partial charge in [-0.2, -0.15) is 0 Å². The van der Waals surface area contributed by atoms with Gasteiger partial charge in [-0.1, -0.05) is 25.1 Å². The zero-order valence-corrected chi connectivity index (χ0v) is 12.2. The van der Waals surface area contributed by atoms with E-state index in [2.05, 4.69) is 4.98 Å². The lowest BCUT2D eigenvalue weighted by Gasteiger charge is -2.07. The van der Waals surface area contributed by atoms with Gasteiger partial charge >= 0.3 is 5.97 Å². The molecule has 3 rings (SSSR count). The molecule has 0 N–H and O–H groups in total. The van der Waals surface area contributed by atoms with E-state index in [1.165, 1.54) is 0 Å². The molecule has 0 atom stereocenters. The summed E-state index contributed by atoms with van der Waals surface area (Å²) in [5.41, 5.74) is 0.782. The Hall–Kier alpha value is -2.88. The number of carbonyl (C=O) groups is 1. The van der Waals surface area contributed by atoms with Crippen molar-refractivity contribution in [1.29, 1.82) is 0 Å². The Morgan fingerprint density at radius 1 is 1.00 bits per heavy atom. The van der Waals surface area contributed by atoms with Crippen molar-refractivity contribution in [2.75, 3.05) is 0 Å². The van der Waals surface area contributed by atoms with Gasteiger partial charge in [-0.25, -0.2) is 4.98 Å². The molecule has 0 saturated heterocycles. The molecule has 0 aliphatic rings. The van der Waals surface area contributed by atoms with Crippen molar-refractivity contribution in [3.8, 4) is 17.4 Å². The van der Waals surface area contributed by atoms with Crippen molar-refractivity contribution in [3.05, 3.63) is 60.7 Å². The Balaban J connectivity index is 1.85. The van der Waals surface area contributed by atoms with Crippen LogP contribution >= 0.6 is 0 Å². The van der Waals surface area contributed by atoms with Crippen molar-refractivity contribution in [2.45, 2.75) is 13.3 Å². The van der Waals surface area contributed by atoms with Crippen LogP contribution in [0.2, 0.25) is 0 Å². The number of hydrogen-bond donors (Lipinski definition) is 0. The zero-order chi connectivity index (χ0) is 15.4. The molecule has 0 fully saturated rings. The second kappa shape index (κ2) is 6.26. The first-order chi connectivity index (χ1) is 10.7. The maximum Gasteiger partial charge on any atom is 0.310 e. The lowest BCUT2D eigenvalue weighted by atomic mass is 10.2. The van der Waals surface area contributed by atoms with Crippen molar-refractivity contribution in [1.82, 2.24) is 4.98 Å². The fourth-order valence-corrected chi connectivity index (χ4v) is 2.02. The summed E-state index contributed by atoms with van der Waals surface area (Å²) in [5.74, 6) is 1.54. The Morgan fingerprint density at radius 3 is 2.59 bits per heavy atom. The topological polar surface area (TPSA) is 48.4 Å². The SMILES string of the molecule is CCC(=O)Oc1ccc2nc(Oc3ccccc3)ccc2c1. The average Bonchev–Trinajstić information content (AvgIpc) is 2.56. The van der Waals surface area contributed by atoms with Crippen LogP contribution in [-0.2, 0) is 4.79 Å². The van der Waals surface area contributed by atoms with E-state index in [9.17, 15) is 4.79 Å². The predicted octanol–water partition coefficient (Wildman–Crippen LogP) is 4.34. The Kier molecular flexibility index (Phi) is 4.01. The van der Waals surface area contributed by atoms with E-state index in [1.54, 1.807) is 25.1 Å². The molecular weight excluding hydrogens is 278 g/mol. The molecule has 0 aliphatic heterocycles. The monoisotopic (exact) mass is 293 g/mol. The van der Waals surface area contributed by atoms with E-state index in [1.807, 2.05) is 42.5 Å². The van der Waals surface area contributed by atoms with Gasteiger partial charge in [0.15, 0.2) is 0 Å². The molecule has 0 radical (unpaired) electrons. The fourth-order valence-electron chi connectivity index (χ4n) is 2.02. The fraction of sp³-hybridized carbons (Fsp3) is 0.111. The molecule has 0 spiro atoms. The molecule has 0 bridgehead atoms. The Morgan fingerprint density at radius 2 is 1.82 bits per heavy atom. The van der Waals surface area contributed by atoms with E-state index in [0.717, 1.165) is 16.7 Å². The molecule has 2 aromatic carbocycles. The number of benzene rings is 2. The van der Waals surface area contributed by atoms with Crippen molar-refractivity contribution in [2.24, 2.45) is 0 Å².